The molecule has 2 heteroatoms. The van der Waals surface area contributed by atoms with E-state index in [4.69, 9.17) is 0 Å². The van der Waals surface area contributed by atoms with Gasteiger partial charge in [-0.05, 0) is 51.4 Å². The van der Waals surface area contributed by atoms with Crippen LogP contribution in [0.1, 0.15) is 207 Å². The molecule has 0 aromatic carbocycles. The summed E-state index contributed by atoms with van der Waals surface area (Å²) in [7, 11) is 9.42. The van der Waals surface area contributed by atoms with Gasteiger partial charge < -0.3 is 8.97 Å². The average Bonchev–Trinajstić information content (AvgIpc) is 2.95. The van der Waals surface area contributed by atoms with E-state index in [9.17, 15) is 0 Å². The number of unbranched alkanes of at least 4 members (excludes halogenated alkanes) is 24. The van der Waals surface area contributed by atoms with Crippen LogP contribution >= 0.6 is 0 Å². The van der Waals surface area contributed by atoms with Gasteiger partial charge in [0.2, 0.25) is 0 Å². The van der Waals surface area contributed by atoms with E-state index in [-0.39, 0.29) is 0 Å². The Kier molecular flexibility index (Phi) is 35.5. The van der Waals surface area contributed by atoms with Crippen molar-refractivity contribution in [1.29, 1.82) is 0 Å². The zero-order chi connectivity index (χ0) is 31.6. The zero-order valence-corrected chi connectivity index (χ0v) is 31.5. The molecule has 0 rings (SSSR count). The minimum absolute atomic E-state index is 1.12. The zero-order valence-electron chi connectivity index (χ0n) is 31.5. The number of hydrogen-bond acceptors (Lipinski definition) is 0. The molecule has 0 saturated heterocycles. The number of nitrogens with zero attached hydrogens (tertiary/aromatic N) is 2. The summed E-state index contributed by atoms with van der Waals surface area (Å²) in [5.41, 5.74) is 0. The first-order valence-corrected chi connectivity index (χ1v) is 19.9. The van der Waals surface area contributed by atoms with Crippen LogP contribution in [0.25, 0.3) is 0 Å². The Morgan fingerprint density at radius 2 is 0.429 bits per heavy atom. The summed E-state index contributed by atoms with van der Waals surface area (Å²) >= 11 is 0. The van der Waals surface area contributed by atoms with E-state index in [0.29, 0.717) is 0 Å². The quantitative estimate of drug-likeness (QED) is 0.0535. The fourth-order valence-electron chi connectivity index (χ4n) is 6.23. The standard InChI is InChI=1S/C25H54N.C15H34N/c1-5-8-11-14-17-20-23-26(4,24-21-18-15-12-9-6-2)25-22-19-16-13-10-7-3;1-5-6-7-8-9-10-11-12-13-14-15-16(2,3)4/h5-25H2,1-4H3;5-15H2,1-4H3/q2*+1. The molecule has 256 valence electrons. The Labute approximate surface area is 270 Å². The Morgan fingerprint density at radius 1 is 0.238 bits per heavy atom. The second-order valence-electron chi connectivity index (χ2n) is 15.3. The van der Waals surface area contributed by atoms with Crippen LogP contribution in [0.2, 0.25) is 0 Å². The van der Waals surface area contributed by atoms with E-state index in [2.05, 4.69) is 55.9 Å². The van der Waals surface area contributed by atoms with Crippen molar-refractivity contribution < 1.29 is 8.97 Å². The summed E-state index contributed by atoms with van der Waals surface area (Å²) in [6.45, 7) is 14.8. The molecule has 0 saturated carbocycles. The van der Waals surface area contributed by atoms with Crippen LogP contribution in [0.3, 0.4) is 0 Å². The third-order valence-corrected chi connectivity index (χ3v) is 9.34. The van der Waals surface area contributed by atoms with Gasteiger partial charge in [0.1, 0.15) is 0 Å². The van der Waals surface area contributed by atoms with Crippen molar-refractivity contribution in [2.24, 2.45) is 0 Å². The lowest BCUT2D eigenvalue weighted by Gasteiger charge is -2.35. The molecule has 0 atom stereocenters. The van der Waals surface area contributed by atoms with Crippen molar-refractivity contribution in [2.75, 3.05) is 54.4 Å². The van der Waals surface area contributed by atoms with Gasteiger partial charge in [0.15, 0.2) is 0 Å². The number of quaternary nitrogens is 2. The van der Waals surface area contributed by atoms with Crippen LogP contribution in [0, 0.1) is 0 Å². The molecule has 0 aromatic heterocycles. The number of rotatable bonds is 32. The maximum atomic E-state index is 2.56. The van der Waals surface area contributed by atoms with Gasteiger partial charge in [0.25, 0.3) is 0 Å². The van der Waals surface area contributed by atoms with Crippen LogP contribution in [-0.2, 0) is 0 Å². The maximum Gasteiger partial charge on any atom is 0.0784 e. The molecule has 42 heavy (non-hydrogen) atoms. The van der Waals surface area contributed by atoms with Gasteiger partial charge in [0.05, 0.1) is 54.4 Å². The summed E-state index contributed by atoms with van der Waals surface area (Å²) in [5, 5.41) is 0. The van der Waals surface area contributed by atoms with Gasteiger partial charge in [0, 0.05) is 0 Å². The largest absolute Gasteiger partial charge is 0.331 e. The molecule has 0 unspecified atom stereocenters. The topological polar surface area (TPSA) is 0 Å². The Balaban J connectivity index is 0. The minimum atomic E-state index is 1.12. The smallest absolute Gasteiger partial charge is 0.0784 e. The molecule has 0 fully saturated rings. The predicted molar refractivity (Wildman–Crippen MR) is 196 cm³/mol. The third kappa shape index (κ3) is 37.9. The average molecular weight is 597 g/mol. The first-order chi connectivity index (χ1) is 20.2. The summed E-state index contributed by atoms with van der Waals surface area (Å²) in [6.07, 6.45) is 40.3. The summed E-state index contributed by atoms with van der Waals surface area (Å²) < 4.78 is 2.48. The molecule has 0 aliphatic rings. The van der Waals surface area contributed by atoms with Crippen LogP contribution < -0.4 is 0 Å². The molecule has 0 bridgehead atoms. The fourth-order valence-corrected chi connectivity index (χ4v) is 6.23. The lowest BCUT2D eigenvalue weighted by atomic mass is 10.1. The van der Waals surface area contributed by atoms with E-state index in [1.165, 1.54) is 210 Å². The Hall–Kier alpha value is -0.0800. The van der Waals surface area contributed by atoms with Crippen LogP contribution in [-0.4, -0.2) is 63.3 Å². The van der Waals surface area contributed by atoms with E-state index >= 15 is 0 Å². The second kappa shape index (κ2) is 33.8. The molecule has 2 nitrogen and oxygen atoms in total. The van der Waals surface area contributed by atoms with Gasteiger partial charge in [-0.2, -0.15) is 0 Å². The molecule has 0 radical (unpaired) electrons. The first kappa shape index (κ1) is 44.0. The van der Waals surface area contributed by atoms with E-state index in [1.807, 2.05) is 0 Å². The lowest BCUT2D eigenvalue weighted by molar-refractivity contribution is -0.910. The first-order valence-electron chi connectivity index (χ1n) is 19.9. The summed E-state index contributed by atoms with van der Waals surface area (Å²) in [6, 6.07) is 0. The molecular weight excluding hydrogens is 508 g/mol. The monoisotopic (exact) mass is 597 g/mol. The van der Waals surface area contributed by atoms with Crippen molar-refractivity contribution in [3.05, 3.63) is 0 Å². The molecule has 0 amide bonds. The van der Waals surface area contributed by atoms with E-state index in [1.54, 1.807) is 0 Å². The van der Waals surface area contributed by atoms with Gasteiger partial charge in [-0.15, -0.1) is 0 Å². The SMILES string of the molecule is CCCCCCCCCCCC[N+](C)(C)C.CCCCCCCC[N+](C)(CCCCCCCC)CCCCCCCC. The van der Waals surface area contributed by atoms with E-state index in [0.717, 1.165) is 4.48 Å². The predicted octanol–water partition coefficient (Wildman–Crippen LogP) is 13.1. The van der Waals surface area contributed by atoms with Crippen molar-refractivity contribution >= 4 is 0 Å². The highest BCUT2D eigenvalue weighted by molar-refractivity contribution is 4.51. The molecule has 0 aliphatic carbocycles. The number of hydrogen-bond donors (Lipinski definition) is 0. The van der Waals surface area contributed by atoms with Crippen molar-refractivity contribution in [3.8, 4) is 0 Å². The highest BCUT2D eigenvalue weighted by Gasteiger charge is 2.20. The summed E-state index contributed by atoms with van der Waals surface area (Å²) in [4.78, 5) is 0. The van der Waals surface area contributed by atoms with Gasteiger partial charge in [-0.25, -0.2) is 0 Å². The molecular formula is C40H88N2+2. The minimum Gasteiger partial charge on any atom is -0.331 e. The highest BCUT2D eigenvalue weighted by Crippen LogP contribution is 2.16. The van der Waals surface area contributed by atoms with Crippen molar-refractivity contribution in [3.63, 3.8) is 0 Å². The molecule has 0 spiro atoms. The van der Waals surface area contributed by atoms with Gasteiger partial charge >= 0.3 is 0 Å². The van der Waals surface area contributed by atoms with Crippen LogP contribution in [0.15, 0.2) is 0 Å². The van der Waals surface area contributed by atoms with Gasteiger partial charge in [-0.3, -0.25) is 0 Å². The second-order valence-corrected chi connectivity index (χ2v) is 15.3. The Bertz CT molecular complexity index is 440. The normalized spacial score (nSPS) is 12.0. The van der Waals surface area contributed by atoms with Gasteiger partial charge in [-0.1, -0.05) is 156 Å². The van der Waals surface area contributed by atoms with Crippen molar-refractivity contribution in [2.45, 2.75) is 207 Å². The fraction of sp³-hybridized carbons (Fsp3) is 1.00. The molecule has 0 heterocycles. The lowest BCUT2D eigenvalue weighted by Crippen LogP contribution is -2.46. The van der Waals surface area contributed by atoms with Crippen molar-refractivity contribution in [1.82, 2.24) is 0 Å². The van der Waals surface area contributed by atoms with E-state index < -0.39 is 0 Å². The van der Waals surface area contributed by atoms with Crippen LogP contribution in [0.5, 0.6) is 0 Å². The Morgan fingerprint density at radius 3 is 0.643 bits per heavy atom. The third-order valence-electron chi connectivity index (χ3n) is 9.34. The summed E-state index contributed by atoms with van der Waals surface area (Å²) in [5.74, 6) is 0. The van der Waals surface area contributed by atoms with Crippen LogP contribution in [0.4, 0.5) is 0 Å². The molecule has 0 N–H and O–H groups in total. The molecule has 0 aromatic rings. The highest BCUT2D eigenvalue weighted by atomic mass is 15.3. The molecule has 0 aliphatic heterocycles. The maximum absolute atomic E-state index is 2.56.